The van der Waals surface area contributed by atoms with E-state index in [2.05, 4.69) is 15.4 Å². The highest BCUT2D eigenvalue weighted by atomic mass is 16.2. The summed E-state index contributed by atoms with van der Waals surface area (Å²) < 4.78 is 3.79. The Labute approximate surface area is 154 Å². The van der Waals surface area contributed by atoms with E-state index in [4.69, 9.17) is 0 Å². The van der Waals surface area contributed by atoms with E-state index < -0.39 is 17.2 Å². The quantitative estimate of drug-likeness (QED) is 0.671. The van der Waals surface area contributed by atoms with E-state index in [0.717, 1.165) is 20.8 Å². The number of amides is 1. The smallest absolute Gasteiger partial charge is 0.331 e. The number of aromatic nitrogens is 5. The van der Waals surface area contributed by atoms with Gasteiger partial charge in [0.1, 0.15) is 18.3 Å². The Hall–Kier alpha value is -3.49. The van der Waals surface area contributed by atoms with Crippen LogP contribution in [0.3, 0.4) is 0 Å². The molecule has 3 aromatic rings. The van der Waals surface area contributed by atoms with Crippen LogP contribution in [0, 0.1) is 0 Å². The topological polar surface area (TPSA) is 104 Å². The molecule has 0 bridgehead atoms. The number of nitrogens with one attached hydrogen (secondary N) is 1. The van der Waals surface area contributed by atoms with E-state index >= 15 is 0 Å². The number of rotatable bonds is 6. The maximum Gasteiger partial charge on any atom is 0.331 e. The Kier molecular flexibility index (Phi) is 5.30. The standard InChI is InChI=1S/C18H20N6O3/c1-22-15(10-16(25)23(2)18(22)27)17(26)21-14(13-6-4-3-5-7-13)8-9-24-12-19-11-20-24/h3-7,10-12,14H,8-9H2,1-2H3,(H,21,26). The number of carbonyl (C=O) groups is 1. The summed E-state index contributed by atoms with van der Waals surface area (Å²) in [5, 5.41) is 6.99. The Balaban J connectivity index is 1.86. The summed E-state index contributed by atoms with van der Waals surface area (Å²) in [6.45, 7) is 0.551. The summed E-state index contributed by atoms with van der Waals surface area (Å²) in [7, 11) is 2.83. The third-order valence-corrected chi connectivity index (χ3v) is 4.38. The summed E-state index contributed by atoms with van der Waals surface area (Å²) in [5.41, 5.74) is -0.141. The van der Waals surface area contributed by atoms with Gasteiger partial charge in [-0.05, 0) is 12.0 Å². The molecule has 9 heteroatoms. The molecule has 1 aromatic carbocycles. The minimum atomic E-state index is -0.550. The van der Waals surface area contributed by atoms with Gasteiger partial charge in [-0.3, -0.25) is 23.4 Å². The van der Waals surface area contributed by atoms with Gasteiger partial charge < -0.3 is 5.32 Å². The molecule has 0 aliphatic heterocycles. The molecule has 0 aliphatic carbocycles. The van der Waals surface area contributed by atoms with Gasteiger partial charge in [0, 0.05) is 26.7 Å². The molecule has 0 saturated carbocycles. The Bertz CT molecular complexity index is 1040. The lowest BCUT2D eigenvalue weighted by Crippen LogP contribution is -2.41. The largest absolute Gasteiger partial charge is 0.344 e. The maximum atomic E-state index is 12.8. The first kappa shape index (κ1) is 18.3. The summed E-state index contributed by atoms with van der Waals surface area (Å²) in [4.78, 5) is 40.7. The second-order valence-electron chi connectivity index (χ2n) is 6.15. The van der Waals surface area contributed by atoms with Crippen LogP contribution in [0.15, 0.2) is 58.6 Å². The molecule has 9 nitrogen and oxygen atoms in total. The first-order valence-corrected chi connectivity index (χ1v) is 8.42. The molecule has 27 heavy (non-hydrogen) atoms. The fourth-order valence-corrected chi connectivity index (χ4v) is 2.80. The highest BCUT2D eigenvalue weighted by Crippen LogP contribution is 2.18. The van der Waals surface area contributed by atoms with Gasteiger partial charge in [0.2, 0.25) is 0 Å². The van der Waals surface area contributed by atoms with Crippen molar-refractivity contribution in [2.75, 3.05) is 0 Å². The number of hydrogen-bond acceptors (Lipinski definition) is 5. The third-order valence-electron chi connectivity index (χ3n) is 4.38. The lowest BCUT2D eigenvalue weighted by Gasteiger charge is -2.20. The predicted molar refractivity (Wildman–Crippen MR) is 98.2 cm³/mol. The molecule has 0 fully saturated rings. The number of hydrogen-bond donors (Lipinski definition) is 1. The Morgan fingerprint density at radius 3 is 2.56 bits per heavy atom. The molecule has 1 atom stereocenters. The number of carbonyl (C=O) groups excluding carboxylic acids is 1. The van der Waals surface area contributed by atoms with E-state index in [1.165, 1.54) is 20.4 Å². The number of nitrogens with zero attached hydrogens (tertiary/aromatic N) is 5. The number of aryl methyl sites for hydroxylation is 1. The number of benzene rings is 1. The van der Waals surface area contributed by atoms with Gasteiger partial charge >= 0.3 is 5.69 Å². The lowest BCUT2D eigenvalue weighted by molar-refractivity contribution is 0.0923. The van der Waals surface area contributed by atoms with Crippen LogP contribution < -0.4 is 16.6 Å². The summed E-state index contributed by atoms with van der Waals surface area (Å²) in [5.74, 6) is -0.486. The van der Waals surface area contributed by atoms with Crippen LogP contribution in [-0.4, -0.2) is 29.8 Å². The second kappa shape index (κ2) is 7.81. The van der Waals surface area contributed by atoms with Crippen LogP contribution in [0.2, 0.25) is 0 Å². The van der Waals surface area contributed by atoms with E-state index in [1.54, 1.807) is 11.0 Å². The average Bonchev–Trinajstić information content (AvgIpc) is 3.20. The van der Waals surface area contributed by atoms with Crippen LogP contribution in [0.5, 0.6) is 0 Å². The first-order chi connectivity index (χ1) is 13.0. The van der Waals surface area contributed by atoms with Crippen molar-refractivity contribution in [2.24, 2.45) is 14.1 Å². The molecule has 1 unspecified atom stereocenters. The van der Waals surface area contributed by atoms with E-state index in [1.807, 2.05) is 30.3 Å². The molecular formula is C18H20N6O3. The van der Waals surface area contributed by atoms with Crippen molar-refractivity contribution in [3.63, 3.8) is 0 Å². The van der Waals surface area contributed by atoms with E-state index in [9.17, 15) is 14.4 Å². The predicted octanol–water partition coefficient (Wildman–Crippen LogP) is 0.237. The van der Waals surface area contributed by atoms with Gasteiger partial charge in [0.15, 0.2) is 0 Å². The first-order valence-electron chi connectivity index (χ1n) is 8.42. The van der Waals surface area contributed by atoms with Crippen molar-refractivity contribution >= 4 is 5.91 Å². The summed E-state index contributed by atoms with van der Waals surface area (Å²) >= 11 is 0. The van der Waals surface area contributed by atoms with Crippen LogP contribution in [0.4, 0.5) is 0 Å². The van der Waals surface area contributed by atoms with Crippen LogP contribution >= 0.6 is 0 Å². The molecule has 0 spiro atoms. The zero-order valence-corrected chi connectivity index (χ0v) is 15.1. The summed E-state index contributed by atoms with van der Waals surface area (Å²) in [6.07, 6.45) is 3.62. The zero-order valence-electron chi connectivity index (χ0n) is 15.1. The molecule has 0 aliphatic rings. The lowest BCUT2D eigenvalue weighted by atomic mass is 10.0. The molecule has 2 heterocycles. The molecule has 3 rings (SSSR count). The van der Waals surface area contributed by atoms with Gasteiger partial charge in [-0.25, -0.2) is 9.78 Å². The Morgan fingerprint density at radius 2 is 1.89 bits per heavy atom. The maximum absolute atomic E-state index is 12.8. The van der Waals surface area contributed by atoms with Crippen LogP contribution in [0.25, 0.3) is 0 Å². The molecule has 2 aromatic heterocycles. The van der Waals surface area contributed by atoms with Gasteiger partial charge in [-0.2, -0.15) is 5.10 Å². The molecule has 140 valence electrons. The second-order valence-corrected chi connectivity index (χ2v) is 6.15. The van der Waals surface area contributed by atoms with Gasteiger partial charge in [0.25, 0.3) is 11.5 Å². The SMILES string of the molecule is Cn1c(C(=O)NC(CCn2cncn2)c2ccccc2)cc(=O)n(C)c1=O. The van der Waals surface area contributed by atoms with Crippen molar-refractivity contribution in [2.45, 2.75) is 19.0 Å². The Morgan fingerprint density at radius 1 is 1.15 bits per heavy atom. The molecule has 0 saturated heterocycles. The highest BCUT2D eigenvalue weighted by molar-refractivity contribution is 5.92. The highest BCUT2D eigenvalue weighted by Gasteiger charge is 2.19. The minimum absolute atomic E-state index is 0.0183. The molecule has 1 N–H and O–H groups in total. The molecule has 1 amide bonds. The molecular weight excluding hydrogens is 348 g/mol. The van der Waals surface area contributed by atoms with Crippen molar-refractivity contribution < 1.29 is 4.79 Å². The third kappa shape index (κ3) is 4.02. The van der Waals surface area contributed by atoms with Crippen LogP contribution in [-0.2, 0) is 20.6 Å². The molecule has 0 radical (unpaired) electrons. The van der Waals surface area contributed by atoms with Gasteiger partial charge in [-0.15, -0.1) is 0 Å². The van der Waals surface area contributed by atoms with E-state index in [0.29, 0.717) is 13.0 Å². The van der Waals surface area contributed by atoms with Gasteiger partial charge in [0.05, 0.1) is 6.04 Å². The average molecular weight is 368 g/mol. The zero-order chi connectivity index (χ0) is 19.4. The van der Waals surface area contributed by atoms with Crippen molar-refractivity contribution in [1.82, 2.24) is 29.2 Å². The van der Waals surface area contributed by atoms with Gasteiger partial charge in [-0.1, -0.05) is 30.3 Å². The summed E-state index contributed by atoms with van der Waals surface area (Å²) in [6, 6.07) is 10.3. The normalized spacial score (nSPS) is 11.9. The minimum Gasteiger partial charge on any atom is -0.344 e. The monoisotopic (exact) mass is 368 g/mol. The fourth-order valence-electron chi connectivity index (χ4n) is 2.80. The van der Waals surface area contributed by atoms with E-state index in [-0.39, 0.29) is 11.7 Å². The van der Waals surface area contributed by atoms with Crippen molar-refractivity contribution in [1.29, 1.82) is 0 Å². The van der Waals surface area contributed by atoms with Crippen molar-refractivity contribution in [3.05, 3.63) is 81.1 Å². The fraction of sp³-hybridized carbons (Fsp3) is 0.278. The van der Waals surface area contributed by atoms with Crippen molar-refractivity contribution in [3.8, 4) is 0 Å². The van der Waals surface area contributed by atoms with Crippen LogP contribution in [0.1, 0.15) is 28.5 Å².